The van der Waals surface area contributed by atoms with E-state index in [0.29, 0.717) is 10.8 Å². The Kier molecular flexibility index (Phi) is 5.28. The molecule has 4 N–H and O–H groups in total. The van der Waals surface area contributed by atoms with Crippen molar-refractivity contribution in [2.75, 3.05) is 13.2 Å². The van der Waals surface area contributed by atoms with Crippen LogP contribution in [0.3, 0.4) is 0 Å². The molecular formula is C17H23ClN4O4S. The molecule has 148 valence electrons. The van der Waals surface area contributed by atoms with Crippen LogP contribution in [0.4, 0.5) is 0 Å². The molecule has 0 radical (unpaired) electrons. The third kappa shape index (κ3) is 3.65. The first-order valence-corrected chi connectivity index (χ1v) is 10.2. The van der Waals surface area contributed by atoms with Gasteiger partial charge < -0.3 is 25.4 Å². The van der Waals surface area contributed by atoms with Gasteiger partial charge in [-0.05, 0) is 19.4 Å². The molecule has 1 saturated heterocycles. The topological polar surface area (TPSA) is 113 Å². The second-order valence-corrected chi connectivity index (χ2v) is 9.07. The van der Waals surface area contributed by atoms with Crippen molar-refractivity contribution >= 4 is 22.9 Å². The Morgan fingerprint density at radius 1 is 1.52 bits per heavy atom. The number of aliphatic hydroxyl groups is 3. The summed E-state index contributed by atoms with van der Waals surface area (Å²) in [6.07, 6.45) is 1.68. The first-order valence-electron chi connectivity index (χ1n) is 8.97. The Morgan fingerprint density at radius 2 is 2.33 bits per heavy atom. The number of nitrogens with one attached hydrogen (secondary N) is 1. The molecule has 0 amide bonds. The molecule has 2 aliphatic heterocycles. The first kappa shape index (κ1) is 19.3. The van der Waals surface area contributed by atoms with E-state index in [1.165, 1.54) is 16.0 Å². The summed E-state index contributed by atoms with van der Waals surface area (Å²) in [7, 11) is 0. The van der Waals surface area contributed by atoms with Gasteiger partial charge >= 0.3 is 0 Å². The number of aliphatic hydroxyl groups excluding tert-OH is 3. The zero-order valence-corrected chi connectivity index (χ0v) is 16.4. The van der Waals surface area contributed by atoms with Gasteiger partial charge in [0.2, 0.25) is 0 Å². The quantitative estimate of drug-likeness (QED) is 0.593. The molecule has 0 aromatic carbocycles. The summed E-state index contributed by atoms with van der Waals surface area (Å²) in [6, 6.07) is 1.92. The van der Waals surface area contributed by atoms with Crippen LogP contribution >= 0.6 is 22.9 Å². The third-order valence-corrected chi connectivity index (χ3v) is 6.66. The number of thiophene rings is 1. The van der Waals surface area contributed by atoms with Crippen molar-refractivity contribution < 1.29 is 20.1 Å². The molecule has 5 atom stereocenters. The van der Waals surface area contributed by atoms with Gasteiger partial charge in [0.25, 0.3) is 0 Å². The summed E-state index contributed by atoms with van der Waals surface area (Å²) >= 11 is 7.71. The number of halogens is 1. The Balaban J connectivity index is 1.62. The fraction of sp³-hybridized carbons (Fsp3) is 0.647. The van der Waals surface area contributed by atoms with Crippen molar-refractivity contribution in [1.82, 2.24) is 20.3 Å². The molecule has 2 aromatic rings. The Bertz CT molecular complexity index is 815. The highest BCUT2D eigenvalue weighted by atomic mass is 35.5. The molecule has 1 spiro atoms. The minimum atomic E-state index is -0.872. The summed E-state index contributed by atoms with van der Waals surface area (Å²) < 4.78 is 8.38. The van der Waals surface area contributed by atoms with Crippen LogP contribution in [0.5, 0.6) is 0 Å². The average molecular weight is 415 g/mol. The smallest absolute Gasteiger partial charge is 0.106 e. The highest BCUT2D eigenvalue weighted by Crippen LogP contribution is 2.51. The van der Waals surface area contributed by atoms with Crippen molar-refractivity contribution in [3.8, 4) is 0 Å². The van der Waals surface area contributed by atoms with Crippen molar-refractivity contribution in [1.29, 1.82) is 0 Å². The van der Waals surface area contributed by atoms with Crippen LogP contribution in [0.25, 0.3) is 0 Å². The maximum atomic E-state index is 10.3. The molecule has 0 bridgehead atoms. The highest BCUT2D eigenvalue weighted by molar-refractivity contribution is 7.16. The van der Waals surface area contributed by atoms with E-state index in [0.717, 1.165) is 22.6 Å². The Labute approximate surface area is 165 Å². The van der Waals surface area contributed by atoms with Crippen molar-refractivity contribution in [3.05, 3.63) is 32.7 Å². The van der Waals surface area contributed by atoms with Gasteiger partial charge in [-0.3, -0.25) is 0 Å². The summed E-state index contributed by atoms with van der Waals surface area (Å²) in [5.74, 6) is 0. The Hall–Kier alpha value is -1.07. The lowest BCUT2D eigenvalue weighted by atomic mass is 9.79. The molecule has 2 aromatic heterocycles. The van der Waals surface area contributed by atoms with Crippen LogP contribution in [0.1, 0.15) is 48.0 Å². The van der Waals surface area contributed by atoms with Crippen LogP contribution in [-0.4, -0.2) is 55.7 Å². The van der Waals surface area contributed by atoms with E-state index in [4.69, 9.17) is 21.4 Å². The standard InChI is InChI=1S/C17H23ClN4O4S/c1-9-3-17(16-11(2-15(18)27-16)14(25)8-26-17)4-12(19-9)13-6-22(21-20-13)5-10(24)7-23/h2,6,9-10,12,14,19,23-25H,3-5,7-8H2,1H3/t9-,10+,12-,14+,17-/m0/s1. The molecule has 10 heteroatoms. The first-order chi connectivity index (χ1) is 12.9. The van der Waals surface area contributed by atoms with Gasteiger partial charge in [0.05, 0.1) is 48.1 Å². The van der Waals surface area contributed by atoms with E-state index in [1.54, 1.807) is 6.20 Å². The van der Waals surface area contributed by atoms with E-state index in [2.05, 4.69) is 22.6 Å². The van der Waals surface area contributed by atoms with E-state index in [1.807, 2.05) is 6.07 Å². The molecule has 0 aliphatic carbocycles. The minimum absolute atomic E-state index is 0.0854. The fourth-order valence-corrected chi connectivity index (χ4v) is 5.52. The van der Waals surface area contributed by atoms with Gasteiger partial charge in [-0.2, -0.15) is 0 Å². The summed E-state index contributed by atoms with van der Waals surface area (Å²) in [5, 5.41) is 40.7. The van der Waals surface area contributed by atoms with Gasteiger partial charge in [0.15, 0.2) is 0 Å². The Morgan fingerprint density at radius 3 is 3.11 bits per heavy atom. The predicted molar refractivity (Wildman–Crippen MR) is 99.6 cm³/mol. The lowest BCUT2D eigenvalue weighted by Gasteiger charge is -2.46. The van der Waals surface area contributed by atoms with E-state index < -0.39 is 17.8 Å². The zero-order chi connectivity index (χ0) is 19.2. The fourth-order valence-electron chi connectivity index (χ4n) is 4.07. The van der Waals surface area contributed by atoms with Gasteiger partial charge in [0.1, 0.15) is 11.7 Å². The molecule has 4 rings (SSSR count). The van der Waals surface area contributed by atoms with Crippen LogP contribution in [0.2, 0.25) is 4.34 Å². The number of rotatable bonds is 4. The highest BCUT2D eigenvalue weighted by Gasteiger charge is 2.48. The van der Waals surface area contributed by atoms with Crippen molar-refractivity contribution in [3.63, 3.8) is 0 Å². The summed E-state index contributed by atoms with van der Waals surface area (Å²) in [5.41, 5.74) is 1.10. The van der Waals surface area contributed by atoms with Crippen molar-refractivity contribution in [2.24, 2.45) is 0 Å². The van der Waals surface area contributed by atoms with Crippen LogP contribution in [0, 0.1) is 0 Å². The maximum absolute atomic E-state index is 10.3. The van der Waals surface area contributed by atoms with Crippen molar-refractivity contribution in [2.45, 2.75) is 56.2 Å². The SMILES string of the molecule is C[C@H]1C[C@@]2(C[C@@H](c3cn(C[C@@H](O)CO)nn3)N1)OC[C@@H](O)c1cc(Cl)sc12. The lowest BCUT2D eigenvalue weighted by molar-refractivity contribution is -0.129. The number of hydrogen-bond acceptors (Lipinski definition) is 8. The molecule has 8 nitrogen and oxygen atoms in total. The monoisotopic (exact) mass is 414 g/mol. The number of aromatic nitrogens is 3. The van der Waals surface area contributed by atoms with Crippen LogP contribution in [-0.2, 0) is 16.9 Å². The number of hydrogen-bond donors (Lipinski definition) is 4. The largest absolute Gasteiger partial charge is 0.394 e. The lowest BCUT2D eigenvalue weighted by Crippen LogP contribution is -2.50. The van der Waals surface area contributed by atoms with Gasteiger partial charge in [-0.25, -0.2) is 4.68 Å². The van der Waals surface area contributed by atoms with E-state index >= 15 is 0 Å². The molecular weight excluding hydrogens is 392 g/mol. The van der Waals surface area contributed by atoms with Gasteiger partial charge in [-0.1, -0.05) is 16.8 Å². The average Bonchev–Trinajstić information content (AvgIpc) is 3.25. The number of nitrogens with zero attached hydrogens (tertiary/aromatic N) is 3. The van der Waals surface area contributed by atoms with Gasteiger partial charge in [-0.15, -0.1) is 16.4 Å². The molecule has 0 saturated carbocycles. The molecule has 2 aliphatic rings. The zero-order valence-electron chi connectivity index (χ0n) is 14.9. The molecule has 27 heavy (non-hydrogen) atoms. The summed E-state index contributed by atoms with van der Waals surface area (Å²) in [4.78, 5) is 0.993. The second kappa shape index (κ2) is 7.40. The maximum Gasteiger partial charge on any atom is 0.106 e. The normalized spacial score (nSPS) is 31.8. The second-order valence-electron chi connectivity index (χ2n) is 7.39. The van der Waals surface area contributed by atoms with Gasteiger partial charge in [0, 0.05) is 22.9 Å². The minimum Gasteiger partial charge on any atom is -0.394 e. The van der Waals surface area contributed by atoms with E-state index in [9.17, 15) is 10.2 Å². The van der Waals surface area contributed by atoms with Crippen LogP contribution in [0.15, 0.2) is 12.3 Å². The third-order valence-electron chi connectivity index (χ3n) is 5.20. The van der Waals surface area contributed by atoms with Crippen LogP contribution < -0.4 is 5.32 Å². The number of piperidine rings is 1. The molecule has 0 unspecified atom stereocenters. The molecule has 4 heterocycles. The number of fused-ring (bicyclic) bond motifs is 2. The number of ether oxygens (including phenoxy) is 1. The molecule has 1 fully saturated rings. The summed E-state index contributed by atoms with van der Waals surface area (Å²) in [6.45, 7) is 2.20. The van der Waals surface area contributed by atoms with E-state index in [-0.39, 0.29) is 31.8 Å². The predicted octanol–water partition coefficient (Wildman–Crippen LogP) is 1.12.